The lowest BCUT2D eigenvalue weighted by Gasteiger charge is -2.02. The van der Waals surface area contributed by atoms with Crippen LogP contribution in [0.2, 0.25) is 0 Å². The van der Waals surface area contributed by atoms with Gasteiger partial charge < -0.3 is 9.84 Å². The minimum atomic E-state index is -0.114. The lowest BCUT2D eigenvalue weighted by atomic mass is 10.0. The summed E-state index contributed by atoms with van der Waals surface area (Å²) >= 11 is 0. The van der Waals surface area contributed by atoms with Gasteiger partial charge in [0.15, 0.2) is 0 Å². The summed E-state index contributed by atoms with van der Waals surface area (Å²) < 4.78 is 5.01. The number of hydrogen-bond acceptors (Lipinski definition) is 3. The molecule has 1 aromatic carbocycles. The van der Waals surface area contributed by atoms with E-state index in [0.29, 0.717) is 24.9 Å². The number of phenols is 1. The molecule has 0 saturated heterocycles. The third-order valence-electron chi connectivity index (χ3n) is 3.99. The second kappa shape index (κ2) is 4.63. The van der Waals surface area contributed by atoms with Crippen LogP contribution in [0.1, 0.15) is 38.7 Å². The number of phenolic OH excluding ortho intramolecular Hbond substituents is 1. The number of esters is 1. The average molecular weight is 248 g/mol. The van der Waals surface area contributed by atoms with Crippen LogP contribution in [-0.4, -0.2) is 17.7 Å². The maximum atomic E-state index is 11.6. The summed E-state index contributed by atoms with van der Waals surface area (Å²) in [7, 11) is 0. The van der Waals surface area contributed by atoms with E-state index >= 15 is 0 Å². The van der Waals surface area contributed by atoms with Gasteiger partial charge in [-0.25, -0.2) is 0 Å². The quantitative estimate of drug-likeness (QED) is 0.833. The molecule has 3 heteroatoms. The fourth-order valence-corrected chi connectivity index (χ4v) is 2.87. The van der Waals surface area contributed by atoms with Gasteiger partial charge in [-0.1, -0.05) is 26.0 Å². The lowest BCUT2D eigenvalue weighted by Crippen LogP contribution is -2.06. The predicted octanol–water partition coefficient (Wildman–Crippen LogP) is 3.09. The standard InChI is InChI=1S/C15H20O3/c1-4-18-13(17)9-12-14(15(12,2)3)10-5-7-11(16)8-6-10/h5-8,12,14,16H,4,9H2,1-3H3/t12-,14+/m0/s1. The Bertz CT molecular complexity index is 434. The molecule has 98 valence electrons. The molecule has 0 bridgehead atoms. The van der Waals surface area contributed by atoms with E-state index < -0.39 is 0 Å². The van der Waals surface area contributed by atoms with Gasteiger partial charge in [-0.15, -0.1) is 0 Å². The first-order valence-electron chi connectivity index (χ1n) is 6.41. The number of carbonyl (C=O) groups excluding carboxylic acids is 1. The predicted molar refractivity (Wildman–Crippen MR) is 69.4 cm³/mol. The summed E-state index contributed by atoms with van der Waals surface area (Å²) in [5, 5.41) is 9.30. The monoisotopic (exact) mass is 248 g/mol. The molecule has 2 rings (SSSR count). The Morgan fingerprint density at radius 2 is 1.94 bits per heavy atom. The molecule has 18 heavy (non-hydrogen) atoms. The van der Waals surface area contributed by atoms with E-state index in [0.717, 1.165) is 0 Å². The van der Waals surface area contributed by atoms with Crippen molar-refractivity contribution in [3.05, 3.63) is 29.8 Å². The molecule has 1 aromatic rings. The Kier molecular flexibility index (Phi) is 3.33. The minimum absolute atomic E-state index is 0.114. The Labute approximate surface area is 108 Å². The molecule has 0 unspecified atom stereocenters. The highest BCUT2D eigenvalue weighted by Crippen LogP contribution is 2.65. The third-order valence-corrected chi connectivity index (χ3v) is 3.99. The molecule has 1 fully saturated rings. The van der Waals surface area contributed by atoms with E-state index in [1.165, 1.54) is 5.56 Å². The molecule has 1 aliphatic carbocycles. The van der Waals surface area contributed by atoms with Crippen LogP contribution in [0.5, 0.6) is 5.75 Å². The molecular weight excluding hydrogens is 228 g/mol. The molecule has 0 amide bonds. The van der Waals surface area contributed by atoms with Gasteiger partial charge in [0.1, 0.15) is 5.75 Å². The van der Waals surface area contributed by atoms with Crippen LogP contribution in [-0.2, 0) is 9.53 Å². The van der Waals surface area contributed by atoms with Crippen LogP contribution in [0.4, 0.5) is 0 Å². The molecule has 0 radical (unpaired) electrons. The smallest absolute Gasteiger partial charge is 0.306 e. The highest BCUT2D eigenvalue weighted by atomic mass is 16.5. The summed E-state index contributed by atoms with van der Waals surface area (Å²) in [6, 6.07) is 7.27. The maximum absolute atomic E-state index is 11.6. The van der Waals surface area contributed by atoms with E-state index in [-0.39, 0.29) is 17.1 Å². The van der Waals surface area contributed by atoms with Crippen molar-refractivity contribution in [1.29, 1.82) is 0 Å². The van der Waals surface area contributed by atoms with Crippen LogP contribution >= 0.6 is 0 Å². The minimum Gasteiger partial charge on any atom is -0.508 e. The molecule has 3 nitrogen and oxygen atoms in total. The van der Waals surface area contributed by atoms with E-state index in [4.69, 9.17) is 4.74 Å². The zero-order valence-electron chi connectivity index (χ0n) is 11.1. The first kappa shape index (κ1) is 12.9. The molecular formula is C15H20O3. The molecule has 0 aliphatic heterocycles. The number of hydrogen-bond donors (Lipinski definition) is 1. The summed E-state index contributed by atoms with van der Waals surface area (Å²) in [4.78, 5) is 11.6. The van der Waals surface area contributed by atoms with Gasteiger partial charge >= 0.3 is 5.97 Å². The number of aromatic hydroxyl groups is 1. The SMILES string of the molecule is CCOC(=O)C[C@H]1[C@@H](c2ccc(O)cc2)C1(C)C. The van der Waals surface area contributed by atoms with Crippen LogP contribution < -0.4 is 0 Å². The average Bonchev–Trinajstić information content (AvgIpc) is 2.82. The van der Waals surface area contributed by atoms with Crippen LogP contribution in [0, 0.1) is 11.3 Å². The van der Waals surface area contributed by atoms with E-state index in [2.05, 4.69) is 13.8 Å². The summed E-state index contributed by atoms with van der Waals surface area (Å²) in [6.07, 6.45) is 0.479. The van der Waals surface area contributed by atoms with Gasteiger partial charge in [0.05, 0.1) is 6.61 Å². The lowest BCUT2D eigenvalue weighted by molar-refractivity contribution is -0.143. The zero-order valence-corrected chi connectivity index (χ0v) is 11.1. The van der Waals surface area contributed by atoms with E-state index in [9.17, 15) is 9.90 Å². The second-order valence-electron chi connectivity index (χ2n) is 5.51. The number of carbonyl (C=O) groups is 1. The van der Waals surface area contributed by atoms with Gasteiger partial charge in [-0.2, -0.15) is 0 Å². The fraction of sp³-hybridized carbons (Fsp3) is 0.533. The fourth-order valence-electron chi connectivity index (χ4n) is 2.87. The normalized spacial score (nSPS) is 24.6. The highest BCUT2D eigenvalue weighted by molar-refractivity contribution is 5.70. The van der Waals surface area contributed by atoms with Crippen molar-refractivity contribution in [2.75, 3.05) is 6.61 Å². The molecule has 2 atom stereocenters. The van der Waals surface area contributed by atoms with Gasteiger partial charge in [-0.3, -0.25) is 4.79 Å². The molecule has 0 heterocycles. The molecule has 1 aliphatic rings. The molecule has 0 spiro atoms. The number of benzene rings is 1. The van der Waals surface area contributed by atoms with Crippen molar-refractivity contribution in [2.24, 2.45) is 11.3 Å². The summed E-state index contributed by atoms with van der Waals surface area (Å²) in [6.45, 7) is 6.62. The number of ether oxygens (including phenoxy) is 1. The maximum Gasteiger partial charge on any atom is 0.306 e. The van der Waals surface area contributed by atoms with Crippen LogP contribution in [0.15, 0.2) is 24.3 Å². The molecule has 0 aromatic heterocycles. The number of rotatable bonds is 4. The van der Waals surface area contributed by atoms with Gasteiger partial charge in [0.2, 0.25) is 0 Å². The van der Waals surface area contributed by atoms with E-state index in [1.54, 1.807) is 12.1 Å². The molecule has 1 N–H and O–H groups in total. The Morgan fingerprint density at radius 1 is 1.33 bits per heavy atom. The first-order valence-corrected chi connectivity index (χ1v) is 6.41. The van der Waals surface area contributed by atoms with Crippen LogP contribution in [0.3, 0.4) is 0 Å². The summed E-state index contributed by atoms with van der Waals surface area (Å²) in [5.41, 5.74) is 1.32. The topological polar surface area (TPSA) is 46.5 Å². The Hall–Kier alpha value is -1.51. The van der Waals surface area contributed by atoms with Crippen molar-refractivity contribution >= 4 is 5.97 Å². The highest BCUT2D eigenvalue weighted by Gasteiger charge is 2.58. The van der Waals surface area contributed by atoms with Crippen molar-refractivity contribution in [2.45, 2.75) is 33.1 Å². The Balaban J connectivity index is 2.06. The van der Waals surface area contributed by atoms with Gasteiger partial charge in [-0.05, 0) is 41.9 Å². The largest absolute Gasteiger partial charge is 0.508 e. The zero-order chi connectivity index (χ0) is 13.3. The van der Waals surface area contributed by atoms with Crippen molar-refractivity contribution in [1.82, 2.24) is 0 Å². The molecule has 1 saturated carbocycles. The van der Waals surface area contributed by atoms with Crippen molar-refractivity contribution < 1.29 is 14.6 Å². The van der Waals surface area contributed by atoms with Gasteiger partial charge in [0.25, 0.3) is 0 Å². The summed E-state index contributed by atoms with van der Waals surface area (Å²) in [5.74, 6) is 0.875. The van der Waals surface area contributed by atoms with Crippen molar-refractivity contribution in [3.8, 4) is 5.75 Å². The second-order valence-corrected chi connectivity index (χ2v) is 5.51. The van der Waals surface area contributed by atoms with Crippen LogP contribution in [0.25, 0.3) is 0 Å². The third kappa shape index (κ3) is 2.35. The first-order chi connectivity index (χ1) is 8.46. The van der Waals surface area contributed by atoms with Gasteiger partial charge in [0, 0.05) is 6.42 Å². The van der Waals surface area contributed by atoms with E-state index in [1.807, 2.05) is 19.1 Å². The van der Waals surface area contributed by atoms with Crippen molar-refractivity contribution in [3.63, 3.8) is 0 Å². The Morgan fingerprint density at radius 3 is 2.50 bits per heavy atom.